The molecule has 1 aliphatic heterocycles. The van der Waals surface area contributed by atoms with E-state index in [1.165, 1.54) is 0 Å². The van der Waals surface area contributed by atoms with Crippen molar-refractivity contribution in [2.24, 2.45) is 0 Å². The van der Waals surface area contributed by atoms with Crippen molar-refractivity contribution in [1.82, 2.24) is 4.90 Å². The van der Waals surface area contributed by atoms with Gasteiger partial charge < -0.3 is 9.84 Å². The fourth-order valence-electron chi connectivity index (χ4n) is 1.58. The van der Waals surface area contributed by atoms with Crippen LogP contribution in [0.25, 0.3) is 0 Å². The summed E-state index contributed by atoms with van der Waals surface area (Å²) >= 11 is 0. The largest absolute Gasteiger partial charge is 0.391 e. The lowest BCUT2D eigenvalue weighted by Crippen LogP contribution is -2.54. The normalized spacial score (nSPS) is 30.9. The maximum Gasteiger partial charge on any atom is 0.0739 e. The van der Waals surface area contributed by atoms with Crippen LogP contribution in [0.3, 0.4) is 0 Å². The van der Waals surface area contributed by atoms with Gasteiger partial charge in [-0.3, -0.25) is 4.90 Å². The van der Waals surface area contributed by atoms with Crippen molar-refractivity contribution >= 4 is 0 Å². The number of ether oxygens (including phenoxy) is 1. The van der Waals surface area contributed by atoms with Gasteiger partial charge in [0.15, 0.2) is 0 Å². The van der Waals surface area contributed by atoms with Gasteiger partial charge in [0.1, 0.15) is 0 Å². The smallest absolute Gasteiger partial charge is 0.0739 e. The second kappa shape index (κ2) is 3.95. The van der Waals surface area contributed by atoms with E-state index in [4.69, 9.17) is 4.74 Å². The first-order valence-corrected chi connectivity index (χ1v) is 4.91. The number of aliphatic hydroxyl groups excluding tert-OH is 1. The van der Waals surface area contributed by atoms with E-state index in [2.05, 4.69) is 25.7 Å². The zero-order valence-electron chi connectivity index (χ0n) is 9.08. The molecule has 1 N–H and O–H groups in total. The Morgan fingerprint density at radius 2 is 2.00 bits per heavy atom. The molecule has 0 saturated carbocycles. The highest BCUT2D eigenvalue weighted by atomic mass is 16.5. The summed E-state index contributed by atoms with van der Waals surface area (Å²) in [6.45, 7) is 7.78. The van der Waals surface area contributed by atoms with Crippen molar-refractivity contribution in [2.45, 2.75) is 44.9 Å². The molecular formula is C10H21NO2. The van der Waals surface area contributed by atoms with Crippen molar-refractivity contribution in [3.63, 3.8) is 0 Å². The zero-order valence-corrected chi connectivity index (χ0v) is 9.08. The average Bonchev–Trinajstić information content (AvgIpc) is 2.02. The summed E-state index contributed by atoms with van der Waals surface area (Å²) in [6, 6.07) is 0.147. The summed E-state index contributed by atoms with van der Waals surface area (Å²) in [5.41, 5.74) is 0.0896. The van der Waals surface area contributed by atoms with Gasteiger partial charge in [0.2, 0.25) is 0 Å². The predicted molar refractivity (Wildman–Crippen MR) is 52.7 cm³/mol. The van der Waals surface area contributed by atoms with Crippen molar-refractivity contribution in [3.8, 4) is 0 Å². The second-order valence-corrected chi connectivity index (χ2v) is 4.78. The Morgan fingerprint density at radius 1 is 1.38 bits per heavy atom. The molecule has 1 fully saturated rings. The van der Waals surface area contributed by atoms with E-state index in [9.17, 15) is 5.11 Å². The quantitative estimate of drug-likeness (QED) is 0.661. The number of hydrogen-bond acceptors (Lipinski definition) is 3. The second-order valence-electron chi connectivity index (χ2n) is 4.78. The number of nitrogens with zero attached hydrogens (tertiary/aromatic N) is 1. The fourth-order valence-corrected chi connectivity index (χ4v) is 1.58. The van der Waals surface area contributed by atoms with Gasteiger partial charge in [-0.1, -0.05) is 0 Å². The summed E-state index contributed by atoms with van der Waals surface area (Å²) in [7, 11) is 2.04. The van der Waals surface area contributed by atoms with Crippen LogP contribution in [0.1, 0.15) is 27.2 Å². The van der Waals surface area contributed by atoms with E-state index in [0.717, 1.165) is 6.42 Å². The lowest BCUT2D eigenvalue weighted by atomic mass is 9.98. The first kappa shape index (κ1) is 11.0. The Bertz CT molecular complexity index is 165. The van der Waals surface area contributed by atoms with E-state index < -0.39 is 0 Å². The standard InChI is InChI=1S/C10H21NO2/c1-10(2,3)11(4)8-7-13-6-5-9(8)12/h8-9,12H,5-7H2,1-4H3. The molecule has 1 rings (SSSR count). The molecular weight excluding hydrogens is 166 g/mol. The van der Waals surface area contributed by atoms with Crippen LogP contribution in [0.4, 0.5) is 0 Å². The van der Waals surface area contributed by atoms with Crippen LogP contribution >= 0.6 is 0 Å². The van der Waals surface area contributed by atoms with Crippen LogP contribution in [0.5, 0.6) is 0 Å². The van der Waals surface area contributed by atoms with Gasteiger partial charge in [-0.25, -0.2) is 0 Å². The minimum atomic E-state index is -0.238. The van der Waals surface area contributed by atoms with Gasteiger partial charge in [0.05, 0.1) is 18.8 Å². The summed E-state index contributed by atoms with van der Waals surface area (Å²) in [5.74, 6) is 0. The molecule has 2 atom stereocenters. The molecule has 1 saturated heterocycles. The third-order valence-electron chi connectivity index (χ3n) is 2.85. The molecule has 1 heterocycles. The number of hydrogen-bond donors (Lipinski definition) is 1. The molecule has 0 aliphatic carbocycles. The molecule has 78 valence electrons. The first-order chi connectivity index (χ1) is 5.93. The molecule has 2 unspecified atom stereocenters. The Hall–Kier alpha value is -0.120. The van der Waals surface area contributed by atoms with Gasteiger partial charge in [-0.05, 0) is 34.2 Å². The monoisotopic (exact) mass is 187 g/mol. The maximum atomic E-state index is 9.78. The highest BCUT2D eigenvalue weighted by Gasteiger charge is 2.32. The van der Waals surface area contributed by atoms with E-state index in [0.29, 0.717) is 13.2 Å². The minimum absolute atomic E-state index is 0.0896. The molecule has 0 aromatic heterocycles. The molecule has 0 spiro atoms. The van der Waals surface area contributed by atoms with Gasteiger partial charge in [0, 0.05) is 12.1 Å². The summed E-state index contributed by atoms with van der Waals surface area (Å²) in [6.07, 6.45) is 0.517. The fraction of sp³-hybridized carbons (Fsp3) is 1.00. The maximum absolute atomic E-state index is 9.78. The van der Waals surface area contributed by atoms with Crippen LogP contribution < -0.4 is 0 Å². The van der Waals surface area contributed by atoms with Crippen LogP contribution in [-0.4, -0.2) is 48.0 Å². The summed E-state index contributed by atoms with van der Waals surface area (Å²) < 4.78 is 5.37. The number of aliphatic hydroxyl groups is 1. The van der Waals surface area contributed by atoms with E-state index in [1.54, 1.807) is 0 Å². The van der Waals surface area contributed by atoms with Crippen molar-refractivity contribution in [1.29, 1.82) is 0 Å². The first-order valence-electron chi connectivity index (χ1n) is 4.91. The van der Waals surface area contributed by atoms with E-state index in [1.807, 2.05) is 7.05 Å². The van der Waals surface area contributed by atoms with E-state index in [-0.39, 0.29) is 17.7 Å². The summed E-state index contributed by atoms with van der Waals surface area (Å²) in [5, 5.41) is 9.78. The van der Waals surface area contributed by atoms with Gasteiger partial charge >= 0.3 is 0 Å². The topological polar surface area (TPSA) is 32.7 Å². The van der Waals surface area contributed by atoms with Crippen molar-refractivity contribution in [3.05, 3.63) is 0 Å². The third kappa shape index (κ3) is 2.66. The molecule has 0 radical (unpaired) electrons. The highest BCUT2D eigenvalue weighted by Crippen LogP contribution is 2.20. The molecule has 3 nitrogen and oxygen atoms in total. The average molecular weight is 187 g/mol. The predicted octanol–water partition coefficient (Wildman–Crippen LogP) is 0.866. The van der Waals surface area contributed by atoms with Crippen LogP contribution in [0, 0.1) is 0 Å². The van der Waals surface area contributed by atoms with Crippen molar-refractivity contribution in [2.75, 3.05) is 20.3 Å². The molecule has 13 heavy (non-hydrogen) atoms. The van der Waals surface area contributed by atoms with E-state index >= 15 is 0 Å². The molecule has 0 amide bonds. The number of likely N-dealkylation sites (N-methyl/N-ethyl adjacent to an activating group) is 1. The Morgan fingerprint density at radius 3 is 2.46 bits per heavy atom. The Labute approximate surface area is 80.7 Å². The van der Waals surface area contributed by atoms with Crippen LogP contribution in [-0.2, 0) is 4.74 Å². The molecule has 0 aromatic rings. The molecule has 0 aromatic carbocycles. The highest BCUT2D eigenvalue weighted by molar-refractivity contribution is 4.86. The van der Waals surface area contributed by atoms with Crippen LogP contribution in [0.2, 0.25) is 0 Å². The summed E-state index contributed by atoms with van der Waals surface area (Å²) in [4.78, 5) is 2.19. The lowest BCUT2D eigenvalue weighted by molar-refractivity contribution is -0.0762. The molecule has 0 bridgehead atoms. The molecule has 1 aliphatic rings. The molecule has 3 heteroatoms. The Kier molecular flexibility index (Phi) is 3.33. The van der Waals surface area contributed by atoms with Gasteiger partial charge in [-0.2, -0.15) is 0 Å². The number of rotatable bonds is 1. The lowest BCUT2D eigenvalue weighted by Gasteiger charge is -2.42. The van der Waals surface area contributed by atoms with Gasteiger partial charge in [0.25, 0.3) is 0 Å². The van der Waals surface area contributed by atoms with Gasteiger partial charge in [-0.15, -0.1) is 0 Å². The van der Waals surface area contributed by atoms with Crippen molar-refractivity contribution < 1.29 is 9.84 Å². The zero-order chi connectivity index (χ0) is 10.1. The Balaban J connectivity index is 2.58. The minimum Gasteiger partial charge on any atom is -0.391 e. The SMILES string of the molecule is CN(C1COCCC1O)C(C)(C)C. The third-order valence-corrected chi connectivity index (χ3v) is 2.85. The van der Waals surface area contributed by atoms with Crippen LogP contribution in [0.15, 0.2) is 0 Å².